The first kappa shape index (κ1) is 13.1. The van der Waals surface area contributed by atoms with Gasteiger partial charge in [-0.05, 0) is 42.3 Å². The summed E-state index contributed by atoms with van der Waals surface area (Å²) in [6, 6.07) is 14.7. The molecule has 0 aliphatic carbocycles. The van der Waals surface area contributed by atoms with Crippen molar-refractivity contribution in [3.8, 4) is 0 Å². The van der Waals surface area contributed by atoms with Crippen molar-refractivity contribution in [2.24, 2.45) is 0 Å². The van der Waals surface area contributed by atoms with Crippen LogP contribution in [-0.2, 0) is 0 Å². The number of aromatic nitrogens is 1. The van der Waals surface area contributed by atoms with Crippen LogP contribution in [0.1, 0.15) is 11.1 Å². The van der Waals surface area contributed by atoms with Crippen LogP contribution >= 0.6 is 0 Å². The Hall–Kier alpha value is -2.88. The number of aryl methyl sites for hydroxylation is 1. The summed E-state index contributed by atoms with van der Waals surface area (Å²) in [5.41, 5.74) is 3.40. The van der Waals surface area contributed by atoms with Crippen LogP contribution in [0.3, 0.4) is 0 Å². The highest BCUT2D eigenvalue weighted by atomic mass is 16.6. The molecule has 0 amide bonds. The minimum Gasteiger partial charge on any atom is -0.323 e. The van der Waals surface area contributed by atoms with E-state index < -0.39 is 4.92 Å². The quantitative estimate of drug-likeness (QED) is 0.523. The normalized spacial score (nSPS) is 11.3. The van der Waals surface area contributed by atoms with Crippen molar-refractivity contribution in [3.63, 3.8) is 0 Å². The molecule has 0 spiro atoms. The molecule has 21 heavy (non-hydrogen) atoms. The molecule has 0 radical (unpaired) electrons. The molecule has 0 saturated heterocycles. The van der Waals surface area contributed by atoms with Gasteiger partial charge >= 0.3 is 0 Å². The molecule has 3 aromatic rings. The van der Waals surface area contributed by atoms with Crippen LogP contribution in [0, 0.1) is 17.0 Å². The molecule has 3 rings (SSSR count). The van der Waals surface area contributed by atoms with Crippen molar-refractivity contribution in [3.05, 3.63) is 76.0 Å². The Morgan fingerprint density at radius 1 is 1.10 bits per heavy atom. The lowest BCUT2D eigenvalue weighted by Gasteiger charge is -1.98. The smallest absolute Gasteiger partial charge is 0.269 e. The van der Waals surface area contributed by atoms with E-state index in [2.05, 4.69) is 29.8 Å². The summed E-state index contributed by atoms with van der Waals surface area (Å²) in [7, 11) is 0. The molecule has 0 aliphatic heterocycles. The summed E-state index contributed by atoms with van der Waals surface area (Å²) in [4.78, 5) is 10.2. The van der Waals surface area contributed by atoms with Gasteiger partial charge < -0.3 is 4.57 Å². The third-order valence-corrected chi connectivity index (χ3v) is 3.47. The van der Waals surface area contributed by atoms with Crippen molar-refractivity contribution in [2.75, 3.05) is 0 Å². The number of para-hydroxylation sites is 1. The molecule has 0 saturated carbocycles. The van der Waals surface area contributed by atoms with Crippen molar-refractivity contribution >= 4 is 28.9 Å². The van der Waals surface area contributed by atoms with Gasteiger partial charge in [-0.25, -0.2) is 0 Å². The van der Waals surface area contributed by atoms with E-state index in [4.69, 9.17) is 0 Å². The second-order valence-corrected chi connectivity index (χ2v) is 4.90. The molecule has 0 N–H and O–H groups in total. The lowest BCUT2D eigenvalue weighted by atomic mass is 10.2. The molecular weight excluding hydrogens is 264 g/mol. The monoisotopic (exact) mass is 278 g/mol. The van der Waals surface area contributed by atoms with E-state index in [0.717, 1.165) is 11.1 Å². The third kappa shape index (κ3) is 2.56. The highest BCUT2D eigenvalue weighted by molar-refractivity contribution is 5.86. The lowest BCUT2D eigenvalue weighted by molar-refractivity contribution is -0.384. The van der Waals surface area contributed by atoms with E-state index in [1.807, 2.05) is 24.4 Å². The maximum Gasteiger partial charge on any atom is 0.269 e. The second kappa shape index (κ2) is 5.25. The Labute approximate surface area is 122 Å². The first-order chi connectivity index (χ1) is 10.1. The molecule has 1 aromatic heterocycles. The first-order valence-electron chi connectivity index (χ1n) is 6.64. The fourth-order valence-corrected chi connectivity index (χ4v) is 2.38. The third-order valence-electron chi connectivity index (χ3n) is 3.47. The van der Waals surface area contributed by atoms with Gasteiger partial charge in [0.1, 0.15) is 0 Å². The number of hydrogen-bond donors (Lipinski definition) is 0. The molecule has 4 heteroatoms. The number of hydrogen-bond acceptors (Lipinski definition) is 2. The lowest BCUT2D eigenvalue weighted by Crippen LogP contribution is -1.87. The van der Waals surface area contributed by atoms with Crippen LogP contribution in [-0.4, -0.2) is 9.49 Å². The van der Waals surface area contributed by atoms with Gasteiger partial charge in [-0.2, -0.15) is 0 Å². The fraction of sp³-hybridized carbons (Fsp3) is 0.0588. The summed E-state index contributed by atoms with van der Waals surface area (Å²) in [6.07, 6.45) is 5.98. The van der Waals surface area contributed by atoms with Crippen molar-refractivity contribution in [1.29, 1.82) is 0 Å². The summed E-state index contributed by atoms with van der Waals surface area (Å²) < 4.78 is 2.06. The fourth-order valence-electron chi connectivity index (χ4n) is 2.38. The summed E-state index contributed by atoms with van der Waals surface area (Å²) in [6.45, 7) is 2.08. The molecule has 0 fully saturated rings. The van der Waals surface area contributed by atoms with E-state index in [-0.39, 0.29) is 5.69 Å². The van der Waals surface area contributed by atoms with Gasteiger partial charge in [0.25, 0.3) is 5.69 Å². The van der Waals surface area contributed by atoms with Gasteiger partial charge in [0.15, 0.2) is 0 Å². The maximum absolute atomic E-state index is 10.6. The molecule has 2 aromatic carbocycles. The topological polar surface area (TPSA) is 48.1 Å². The number of non-ortho nitro benzene ring substituents is 1. The van der Waals surface area contributed by atoms with Crippen LogP contribution in [0.15, 0.2) is 54.7 Å². The minimum absolute atomic E-state index is 0.106. The highest BCUT2D eigenvalue weighted by Gasteiger charge is 2.03. The molecule has 0 bridgehead atoms. The Morgan fingerprint density at radius 3 is 2.52 bits per heavy atom. The number of fused-ring (bicyclic) bond motifs is 1. The Bertz CT molecular complexity index is 830. The van der Waals surface area contributed by atoms with Crippen LogP contribution < -0.4 is 0 Å². The van der Waals surface area contributed by atoms with Gasteiger partial charge in [0, 0.05) is 29.9 Å². The summed E-state index contributed by atoms with van der Waals surface area (Å²) in [5, 5.41) is 11.9. The molecule has 0 unspecified atom stereocenters. The van der Waals surface area contributed by atoms with Crippen LogP contribution in [0.4, 0.5) is 5.69 Å². The Kier molecular flexibility index (Phi) is 3.28. The van der Waals surface area contributed by atoms with Crippen LogP contribution in [0.5, 0.6) is 0 Å². The Morgan fingerprint density at radius 2 is 1.81 bits per heavy atom. The predicted molar refractivity (Wildman–Crippen MR) is 85.0 cm³/mol. The number of rotatable bonds is 3. The minimum atomic E-state index is -0.393. The number of nitro benzene ring substituents is 1. The zero-order valence-corrected chi connectivity index (χ0v) is 11.6. The van der Waals surface area contributed by atoms with Crippen molar-refractivity contribution < 1.29 is 4.92 Å². The van der Waals surface area contributed by atoms with Crippen molar-refractivity contribution in [1.82, 2.24) is 4.57 Å². The van der Waals surface area contributed by atoms with Gasteiger partial charge in [0.2, 0.25) is 0 Å². The van der Waals surface area contributed by atoms with E-state index in [1.54, 1.807) is 12.1 Å². The zero-order valence-electron chi connectivity index (χ0n) is 11.6. The van der Waals surface area contributed by atoms with E-state index >= 15 is 0 Å². The molecule has 104 valence electrons. The zero-order chi connectivity index (χ0) is 14.8. The van der Waals surface area contributed by atoms with Gasteiger partial charge in [0.05, 0.1) is 10.4 Å². The van der Waals surface area contributed by atoms with Gasteiger partial charge in [-0.15, -0.1) is 0 Å². The SMILES string of the molecule is Cc1cn(/C=C\c2ccc([N+](=O)[O-])cc2)c2ccccc12. The van der Waals surface area contributed by atoms with Gasteiger partial charge in [-0.3, -0.25) is 10.1 Å². The number of benzene rings is 2. The van der Waals surface area contributed by atoms with Crippen LogP contribution in [0.2, 0.25) is 0 Å². The highest BCUT2D eigenvalue weighted by Crippen LogP contribution is 2.21. The van der Waals surface area contributed by atoms with E-state index in [0.29, 0.717) is 0 Å². The predicted octanol–water partition coefficient (Wildman–Crippen LogP) is 4.49. The average Bonchev–Trinajstić information content (AvgIpc) is 2.83. The van der Waals surface area contributed by atoms with E-state index in [1.165, 1.54) is 23.1 Å². The van der Waals surface area contributed by atoms with E-state index in [9.17, 15) is 10.1 Å². The average molecular weight is 278 g/mol. The number of nitro groups is 1. The van der Waals surface area contributed by atoms with Gasteiger partial charge in [-0.1, -0.05) is 18.2 Å². The largest absolute Gasteiger partial charge is 0.323 e. The Balaban J connectivity index is 1.92. The first-order valence-corrected chi connectivity index (χ1v) is 6.64. The summed E-state index contributed by atoms with van der Waals surface area (Å²) >= 11 is 0. The molecular formula is C17H14N2O2. The molecule has 4 nitrogen and oxygen atoms in total. The van der Waals surface area contributed by atoms with Crippen molar-refractivity contribution in [2.45, 2.75) is 6.92 Å². The van der Waals surface area contributed by atoms with Crippen LogP contribution in [0.25, 0.3) is 23.2 Å². The number of nitrogens with zero attached hydrogens (tertiary/aromatic N) is 2. The molecule has 1 heterocycles. The summed E-state index contributed by atoms with van der Waals surface area (Å²) in [5.74, 6) is 0. The molecule has 0 aliphatic rings. The molecule has 0 atom stereocenters. The second-order valence-electron chi connectivity index (χ2n) is 4.90. The standard InChI is InChI=1S/C17H14N2O2/c1-13-12-18(17-5-3-2-4-16(13)17)11-10-14-6-8-15(9-7-14)19(20)21/h2-12H,1H3/b11-10-. The maximum atomic E-state index is 10.6.